The van der Waals surface area contributed by atoms with Crippen LogP contribution >= 0.6 is 0 Å². The molecule has 2 aliphatic rings. The minimum atomic E-state index is -2.54. The van der Waals surface area contributed by atoms with Gasteiger partial charge in [0.1, 0.15) is 6.23 Å². The van der Waals surface area contributed by atoms with Crippen LogP contribution in [0.3, 0.4) is 0 Å². The van der Waals surface area contributed by atoms with E-state index in [9.17, 15) is 13.9 Å². The van der Waals surface area contributed by atoms with Gasteiger partial charge in [-0.3, -0.25) is 14.6 Å². The van der Waals surface area contributed by atoms with Gasteiger partial charge in [0.2, 0.25) is 0 Å². The Morgan fingerprint density at radius 3 is 2.78 bits per heavy atom. The van der Waals surface area contributed by atoms with Crippen LogP contribution in [0.5, 0.6) is 0 Å². The molecular formula is C19H25F2N5O. The zero-order valence-electron chi connectivity index (χ0n) is 15.7. The average molecular weight is 377 g/mol. The molecule has 27 heavy (non-hydrogen) atoms. The minimum absolute atomic E-state index is 0.0601. The summed E-state index contributed by atoms with van der Waals surface area (Å²) in [4.78, 5) is 8.33. The van der Waals surface area contributed by atoms with Crippen molar-refractivity contribution in [3.8, 4) is 0 Å². The maximum atomic E-state index is 13.2. The minimum Gasteiger partial charge on any atom is -0.379 e. The standard InChI is InChI=1S/C19H25F2N5O/c1-3-26-16-6-8-24(12(2)27)11-14(16)19(23-26)25-7-4-5-15-17(25)9-13(10-22-15)18(20)21/h9-10,12,18,27H,3-8,11H2,1-2H3. The van der Waals surface area contributed by atoms with Crippen molar-refractivity contribution in [1.82, 2.24) is 19.7 Å². The Hall–Kier alpha value is -2.06. The van der Waals surface area contributed by atoms with Gasteiger partial charge < -0.3 is 10.0 Å². The molecule has 1 unspecified atom stereocenters. The Labute approximate surface area is 157 Å². The van der Waals surface area contributed by atoms with E-state index in [-0.39, 0.29) is 5.56 Å². The summed E-state index contributed by atoms with van der Waals surface area (Å²) >= 11 is 0. The topological polar surface area (TPSA) is 57.4 Å². The molecule has 0 aromatic carbocycles. The molecule has 0 aliphatic carbocycles. The normalized spacial score (nSPS) is 18.5. The van der Waals surface area contributed by atoms with Crippen molar-refractivity contribution in [1.29, 1.82) is 0 Å². The molecule has 8 heteroatoms. The lowest BCUT2D eigenvalue weighted by atomic mass is 10.0. The zero-order chi connectivity index (χ0) is 19.1. The lowest BCUT2D eigenvalue weighted by molar-refractivity contribution is 0.00878. The summed E-state index contributed by atoms with van der Waals surface area (Å²) in [5.74, 6) is 0.811. The molecule has 2 aromatic rings. The zero-order valence-corrected chi connectivity index (χ0v) is 15.7. The van der Waals surface area contributed by atoms with Crippen LogP contribution in [-0.4, -0.2) is 44.1 Å². The highest BCUT2D eigenvalue weighted by molar-refractivity contribution is 5.68. The fourth-order valence-electron chi connectivity index (χ4n) is 4.08. The van der Waals surface area contributed by atoms with Crippen LogP contribution in [0.15, 0.2) is 12.3 Å². The summed E-state index contributed by atoms with van der Waals surface area (Å²) in [5.41, 5.74) is 3.77. The van der Waals surface area contributed by atoms with E-state index in [1.807, 2.05) is 14.5 Å². The van der Waals surface area contributed by atoms with Crippen molar-refractivity contribution in [3.05, 3.63) is 34.8 Å². The van der Waals surface area contributed by atoms with Crippen molar-refractivity contribution >= 4 is 11.5 Å². The van der Waals surface area contributed by atoms with Crippen molar-refractivity contribution in [2.45, 2.75) is 58.9 Å². The molecule has 1 atom stereocenters. The van der Waals surface area contributed by atoms with Crippen LogP contribution < -0.4 is 4.90 Å². The fraction of sp³-hybridized carbons (Fsp3) is 0.579. The summed E-state index contributed by atoms with van der Waals surface area (Å²) in [6.45, 7) is 6.69. The van der Waals surface area contributed by atoms with Gasteiger partial charge in [-0.2, -0.15) is 5.10 Å². The number of aliphatic hydroxyl groups excluding tert-OH is 1. The molecule has 1 N–H and O–H groups in total. The second-order valence-electron chi connectivity index (χ2n) is 7.21. The second-order valence-corrected chi connectivity index (χ2v) is 7.21. The lowest BCUT2D eigenvalue weighted by Gasteiger charge is -2.33. The van der Waals surface area contributed by atoms with Gasteiger partial charge in [-0.1, -0.05) is 0 Å². The highest BCUT2D eigenvalue weighted by Gasteiger charge is 2.31. The van der Waals surface area contributed by atoms with Crippen LogP contribution in [0.2, 0.25) is 0 Å². The van der Waals surface area contributed by atoms with E-state index in [0.29, 0.717) is 6.54 Å². The average Bonchev–Trinajstić information content (AvgIpc) is 3.04. The van der Waals surface area contributed by atoms with Gasteiger partial charge in [0.15, 0.2) is 5.82 Å². The van der Waals surface area contributed by atoms with Gasteiger partial charge in [-0.15, -0.1) is 0 Å². The van der Waals surface area contributed by atoms with Crippen molar-refractivity contribution in [2.75, 3.05) is 18.0 Å². The number of aryl methyl sites for hydroxylation is 2. The third-order valence-corrected chi connectivity index (χ3v) is 5.53. The molecule has 6 nitrogen and oxygen atoms in total. The summed E-state index contributed by atoms with van der Waals surface area (Å²) in [6, 6.07) is 1.55. The molecule has 0 amide bonds. The first-order chi connectivity index (χ1) is 13.0. The van der Waals surface area contributed by atoms with Crippen LogP contribution in [0.4, 0.5) is 20.3 Å². The number of anilines is 2. The molecule has 146 valence electrons. The number of hydrogen-bond acceptors (Lipinski definition) is 5. The van der Waals surface area contributed by atoms with Crippen molar-refractivity contribution in [3.63, 3.8) is 0 Å². The molecule has 0 spiro atoms. The molecule has 4 heterocycles. The third-order valence-electron chi connectivity index (χ3n) is 5.53. The Bertz CT molecular complexity index is 836. The van der Waals surface area contributed by atoms with Crippen LogP contribution in [-0.2, 0) is 25.9 Å². The van der Waals surface area contributed by atoms with E-state index in [1.165, 1.54) is 11.9 Å². The Kier molecular flexibility index (Phi) is 4.86. The molecule has 0 saturated carbocycles. The molecule has 4 rings (SSSR count). The first-order valence-corrected chi connectivity index (χ1v) is 9.54. The predicted molar refractivity (Wildman–Crippen MR) is 98.2 cm³/mol. The highest BCUT2D eigenvalue weighted by atomic mass is 19.3. The van der Waals surface area contributed by atoms with Crippen molar-refractivity contribution < 1.29 is 13.9 Å². The van der Waals surface area contributed by atoms with Gasteiger partial charge >= 0.3 is 0 Å². The fourth-order valence-corrected chi connectivity index (χ4v) is 4.08. The number of aliphatic hydroxyl groups is 1. The monoisotopic (exact) mass is 377 g/mol. The van der Waals surface area contributed by atoms with Gasteiger partial charge in [0, 0.05) is 55.6 Å². The Morgan fingerprint density at radius 1 is 1.26 bits per heavy atom. The van der Waals surface area contributed by atoms with Crippen LogP contribution in [0.1, 0.15) is 49.2 Å². The predicted octanol–water partition coefficient (Wildman–Crippen LogP) is 3.02. The number of aromatic nitrogens is 3. The number of nitrogens with zero attached hydrogens (tertiary/aromatic N) is 5. The number of hydrogen-bond donors (Lipinski definition) is 1. The summed E-state index contributed by atoms with van der Waals surface area (Å²) in [5, 5.41) is 14.8. The summed E-state index contributed by atoms with van der Waals surface area (Å²) in [7, 11) is 0. The largest absolute Gasteiger partial charge is 0.379 e. The SMILES string of the molecule is CCn1nc(N2CCCc3ncc(C(F)F)cc32)c2c1CCN(C(C)O)C2. The van der Waals surface area contributed by atoms with Gasteiger partial charge in [-0.25, -0.2) is 8.78 Å². The molecule has 0 bridgehead atoms. The van der Waals surface area contributed by atoms with Crippen LogP contribution in [0.25, 0.3) is 0 Å². The number of fused-ring (bicyclic) bond motifs is 2. The lowest BCUT2D eigenvalue weighted by Crippen LogP contribution is -2.38. The molecule has 2 aromatic heterocycles. The van der Waals surface area contributed by atoms with Gasteiger partial charge in [0.25, 0.3) is 6.43 Å². The van der Waals surface area contributed by atoms with E-state index in [0.717, 1.165) is 61.7 Å². The van der Waals surface area contributed by atoms with E-state index in [1.54, 1.807) is 13.0 Å². The maximum absolute atomic E-state index is 13.2. The summed E-state index contributed by atoms with van der Waals surface area (Å²) in [6.07, 6.45) is 0.712. The van der Waals surface area contributed by atoms with E-state index >= 15 is 0 Å². The number of alkyl halides is 2. The quantitative estimate of drug-likeness (QED) is 0.888. The smallest absolute Gasteiger partial charge is 0.265 e. The molecule has 0 radical (unpaired) electrons. The van der Waals surface area contributed by atoms with E-state index in [2.05, 4.69) is 11.9 Å². The van der Waals surface area contributed by atoms with E-state index < -0.39 is 12.7 Å². The molecule has 2 aliphatic heterocycles. The second kappa shape index (κ2) is 7.16. The number of rotatable bonds is 4. The van der Waals surface area contributed by atoms with Gasteiger partial charge in [-0.05, 0) is 32.8 Å². The Morgan fingerprint density at radius 2 is 2.07 bits per heavy atom. The van der Waals surface area contributed by atoms with Gasteiger partial charge in [0.05, 0.1) is 11.4 Å². The first-order valence-electron chi connectivity index (χ1n) is 9.54. The molecule has 0 fully saturated rings. The van der Waals surface area contributed by atoms with E-state index in [4.69, 9.17) is 5.10 Å². The molecule has 0 saturated heterocycles. The Balaban J connectivity index is 1.79. The van der Waals surface area contributed by atoms with Crippen LogP contribution in [0, 0.1) is 0 Å². The number of halogens is 2. The first kappa shape index (κ1) is 18.3. The number of pyridine rings is 1. The highest BCUT2D eigenvalue weighted by Crippen LogP contribution is 2.38. The maximum Gasteiger partial charge on any atom is 0.265 e. The van der Waals surface area contributed by atoms with Crippen molar-refractivity contribution in [2.24, 2.45) is 0 Å². The third kappa shape index (κ3) is 3.21. The molecular weight excluding hydrogens is 352 g/mol. The summed E-state index contributed by atoms with van der Waals surface area (Å²) < 4.78 is 28.5.